The molecule has 0 aliphatic heterocycles. The Morgan fingerprint density at radius 2 is 1.60 bits per heavy atom. The summed E-state index contributed by atoms with van der Waals surface area (Å²) in [6.07, 6.45) is 0. The molecule has 0 aromatic heterocycles. The zero-order valence-electron chi connectivity index (χ0n) is 9.53. The highest BCUT2D eigenvalue weighted by Gasteiger charge is 2.64. The Morgan fingerprint density at radius 1 is 1.13 bits per heavy atom. The van der Waals surface area contributed by atoms with Gasteiger partial charge >= 0.3 is 5.51 Å². The number of hydrogen-bond donors (Lipinski definition) is 1. The van der Waals surface area contributed by atoms with Crippen LogP contribution in [0, 0.1) is 10.8 Å². The van der Waals surface area contributed by atoms with E-state index in [0.29, 0.717) is 12.6 Å². The van der Waals surface area contributed by atoms with Gasteiger partial charge in [0.05, 0.1) is 0 Å². The zero-order valence-corrected chi connectivity index (χ0v) is 10.4. The average molecular weight is 241 g/mol. The van der Waals surface area contributed by atoms with E-state index in [-0.39, 0.29) is 28.3 Å². The number of thioether (sulfide) groups is 1. The molecular formula is C10H18F3NS. The Labute approximate surface area is 93.2 Å². The van der Waals surface area contributed by atoms with Gasteiger partial charge in [-0.05, 0) is 22.6 Å². The molecule has 0 atom stereocenters. The number of nitrogens with one attached hydrogen (secondary N) is 1. The second-order valence-corrected chi connectivity index (χ2v) is 6.28. The van der Waals surface area contributed by atoms with Crippen LogP contribution in [0.3, 0.4) is 0 Å². The summed E-state index contributed by atoms with van der Waals surface area (Å²) in [7, 11) is 0. The van der Waals surface area contributed by atoms with Gasteiger partial charge < -0.3 is 5.32 Å². The van der Waals surface area contributed by atoms with Gasteiger partial charge in [0, 0.05) is 18.3 Å². The maximum atomic E-state index is 11.8. The highest BCUT2D eigenvalue weighted by atomic mass is 32.2. The summed E-state index contributed by atoms with van der Waals surface area (Å²) in [4.78, 5) is 0. The van der Waals surface area contributed by atoms with Gasteiger partial charge in [0.25, 0.3) is 0 Å². The van der Waals surface area contributed by atoms with E-state index in [1.165, 1.54) is 0 Å². The third-order valence-electron chi connectivity index (χ3n) is 3.74. The van der Waals surface area contributed by atoms with Crippen LogP contribution in [-0.4, -0.2) is 23.8 Å². The highest BCUT2D eigenvalue weighted by molar-refractivity contribution is 8.00. The van der Waals surface area contributed by atoms with E-state index >= 15 is 0 Å². The van der Waals surface area contributed by atoms with Crippen molar-refractivity contribution in [2.75, 3.05) is 12.3 Å². The van der Waals surface area contributed by atoms with Crippen molar-refractivity contribution in [1.82, 2.24) is 5.32 Å². The lowest BCUT2D eigenvalue weighted by Crippen LogP contribution is -2.25. The molecular weight excluding hydrogens is 223 g/mol. The molecule has 0 amide bonds. The van der Waals surface area contributed by atoms with E-state index in [9.17, 15) is 13.2 Å². The summed E-state index contributed by atoms with van der Waals surface area (Å²) < 4.78 is 35.5. The van der Waals surface area contributed by atoms with Crippen LogP contribution in [0.5, 0.6) is 0 Å². The van der Waals surface area contributed by atoms with Gasteiger partial charge in [-0.25, -0.2) is 0 Å². The quantitative estimate of drug-likeness (QED) is 0.758. The second kappa shape index (κ2) is 3.84. The average Bonchev–Trinajstić information content (AvgIpc) is 2.36. The predicted octanol–water partition coefficient (Wildman–Crippen LogP) is 3.26. The maximum Gasteiger partial charge on any atom is 0.441 e. The van der Waals surface area contributed by atoms with Crippen LogP contribution in [-0.2, 0) is 0 Å². The molecule has 1 rings (SSSR count). The van der Waals surface area contributed by atoms with Crippen molar-refractivity contribution in [2.45, 2.75) is 39.2 Å². The fourth-order valence-corrected chi connectivity index (χ4v) is 2.53. The minimum atomic E-state index is -4.10. The van der Waals surface area contributed by atoms with E-state index in [0.717, 1.165) is 0 Å². The molecule has 0 aromatic carbocycles. The van der Waals surface area contributed by atoms with Crippen LogP contribution in [0.4, 0.5) is 13.2 Å². The lowest BCUT2D eigenvalue weighted by Gasteiger charge is -2.07. The highest BCUT2D eigenvalue weighted by Crippen LogP contribution is 2.62. The first-order valence-corrected chi connectivity index (χ1v) is 6.01. The monoisotopic (exact) mass is 241 g/mol. The van der Waals surface area contributed by atoms with E-state index in [4.69, 9.17) is 0 Å². The molecule has 1 saturated carbocycles. The first kappa shape index (κ1) is 13.2. The van der Waals surface area contributed by atoms with Crippen LogP contribution >= 0.6 is 11.8 Å². The minimum Gasteiger partial charge on any atom is -0.312 e. The summed E-state index contributed by atoms with van der Waals surface area (Å²) in [6.45, 7) is 8.98. The molecule has 1 aliphatic carbocycles. The van der Waals surface area contributed by atoms with Gasteiger partial charge in [-0.15, -0.1) is 0 Å². The molecule has 0 bridgehead atoms. The van der Waals surface area contributed by atoms with Crippen LogP contribution < -0.4 is 5.32 Å². The lowest BCUT2D eigenvalue weighted by molar-refractivity contribution is -0.0327. The summed E-state index contributed by atoms with van der Waals surface area (Å²) >= 11 is 0.0411. The van der Waals surface area contributed by atoms with Crippen LogP contribution in [0.25, 0.3) is 0 Å². The van der Waals surface area contributed by atoms with Gasteiger partial charge in [-0.3, -0.25) is 0 Å². The SMILES string of the molecule is CC1(C)C(NCCSC(F)(F)F)C1(C)C. The van der Waals surface area contributed by atoms with Gasteiger partial charge in [0.2, 0.25) is 0 Å². The number of rotatable bonds is 4. The van der Waals surface area contributed by atoms with E-state index in [2.05, 4.69) is 33.0 Å². The van der Waals surface area contributed by atoms with E-state index < -0.39 is 5.51 Å². The topological polar surface area (TPSA) is 12.0 Å². The van der Waals surface area contributed by atoms with Crippen molar-refractivity contribution < 1.29 is 13.2 Å². The third-order valence-corrected chi connectivity index (χ3v) is 4.47. The lowest BCUT2D eigenvalue weighted by atomic mass is 10.0. The molecule has 0 saturated heterocycles. The fourth-order valence-electron chi connectivity index (χ4n) is 2.08. The first-order chi connectivity index (χ1) is 6.59. The standard InChI is InChI=1S/C10H18F3NS/c1-8(2)7(9(8,3)4)14-5-6-15-10(11,12)13/h7,14H,5-6H2,1-4H3. The van der Waals surface area contributed by atoms with Crippen LogP contribution in [0.15, 0.2) is 0 Å². The predicted molar refractivity (Wildman–Crippen MR) is 57.9 cm³/mol. The Morgan fingerprint density at radius 3 is 1.93 bits per heavy atom. The number of halogens is 3. The Kier molecular flexibility index (Phi) is 3.37. The van der Waals surface area contributed by atoms with Crippen LogP contribution in [0.1, 0.15) is 27.7 Å². The van der Waals surface area contributed by atoms with Crippen molar-refractivity contribution in [2.24, 2.45) is 10.8 Å². The number of hydrogen-bond acceptors (Lipinski definition) is 2. The Balaban J connectivity index is 2.19. The third kappa shape index (κ3) is 2.81. The molecule has 1 aliphatic rings. The van der Waals surface area contributed by atoms with E-state index in [1.807, 2.05) is 0 Å². The van der Waals surface area contributed by atoms with Gasteiger partial charge in [0.15, 0.2) is 0 Å². The maximum absolute atomic E-state index is 11.8. The molecule has 0 unspecified atom stereocenters. The molecule has 0 radical (unpaired) electrons. The van der Waals surface area contributed by atoms with Crippen molar-refractivity contribution in [3.63, 3.8) is 0 Å². The normalized spacial score (nSPS) is 24.2. The zero-order chi connectivity index (χ0) is 11.9. The fraction of sp³-hybridized carbons (Fsp3) is 1.00. The molecule has 1 N–H and O–H groups in total. The van der Waals surface area contributed by atoms with Crippen LogP contribution in [0.2, 0.25) is 0 Å². The Hall–Kier alpha value is 0.100. The largest absolute Gasteiger partial charge is 0.441 e. The second-order valence-electron chi connectivity index (χ2n) is 5.12. The molecule has 15 heavy (non-hydrogen) atoms. The van der Waals surface area contributed by atoms with Gasteiger partial charge in [-0.2, -0.15) is 13.2 Å². The molecule has 1 nitrogen and oxygen atoms in total. The summed E-state index contributed by atoms with van der Waals surface area (Å²) in [5.74, 6) is 0.0894. The van der Waals surface area contributed by atoms with Crippen molar-refractivity contribution in [3.05, 3.63) is 0 Å². The van der Waals surface area contributed by atoms with Crippen molar-refractivity contribution in [1.29, 1.82) is 0 Å². The van der Waals surface area contributed by atoms with Crippen molar-refractivity contribution in [3.8, 4) is 0 Å². The Bertz CT molecular complexity index is 221. The smallest absolute Gasteiger partial charge is 0.312 e. The molecule has 90 valence electrons. The van der Waals surface area contributed by atoms with E-state index in [1.54, 1.807) is 0 Å². The summed E-state index contributed by atoms with van der Waals surface area (Å²) in [5.41, 5.74) is -3.72. The molecule has 0 aromatic rings. The summed E-state index contributed by atoms with van der Waals surface area (Å²) in [6, 6.07) is 0.332. The minimum absolute atomic E-state index is 0.0411. The first-order valence-electron chi connectivity index (χ1n) is 5.03. The molecule has 0 heterocycles. The van der Waals surface area contributed by atoms with Gasteiger partial charge in [-0.1, -0.05) is 27.7 Å². The molecule has 5 heteroatoms. The molecule has 0 spiro atoms. The molecule has 1 fully saturated rings. The summed E-state index contributed by atoms with van der Waals surface area (Å²) in [5, 5.41) is 3.19. The number of alkyl halides is 3. The van der Waals surface area contributed by atoms with Crippen molar-refractivity contribution >= 4 is 11.8 Å². The van der Waals surface area contributed by atoms with Gasteiger partial charge in [0.1, 0.15) is 0 Å².